The quantitative estimate of drug-likeness (QED) is 0.159. The number of Topliss-reactive ketones (excluding diaryl/α,β-unsaturated/α-hetero) is 1. The summed E-state index contributed by atoms with van der Waals surface area (Å²) in [5, 5.41) is 2.62. The number of nitrogen functional groups attached to an aromatic ring is 1. The van der Waals surface area contributed by atoms with Crippen LogP contribution < -0.4 is 15.8 Å². The fraction of sp³-hybridized carbons (Fsp3) is 0.212. The van der Waals surface area contributed by atoms with Gasteiger partial charge in [-0.2, -0.15) is 26.3 Å². The highest BCUT2D eigenvalue weighted by atomic mass is 19.4. The molecular formula is C33H25F7N2O3. The number of carbonyl (C=O) groups is 2. The Bertz CT molecular complexity index is 1720. The first-order chi connectivity index (χ1) is 21.2. The number of rotatable bonds is 7. The van der Waals surface area contributed by atoms with Crippen molar-refractivity contribution >= 4 is 23.1 Å². The van der Waals surface area contributed by atoms with Crippen molar-refractivity contribution in [2.45, 2.75) is 38.2 Å². The lowest BCUT2D eigenvalue weighted by Crippen LogP contribution is -2.25. The number of ether oxygens (including phenoxy) is 1. The number of nitrogens with two attached hydrogens (primary N) is 1. The van der Waals surface area contributed by atoms with Gasteiger partial charge >= 0.3 is 12.4 Å². The fourth-order valence-corrected chi connectivity index (χ4v) is 5.17. The van der Waals surface area contributed by atoms with Crippen LogP contribution in [0.5, 0.6) is 5.75 Å². The van der Waals surface area contributed by atoms with E-state index in [1.54, 1.807) is 42.5 Å². The van der Waals surface area contributed by atoms with Crippen molar-refractivity contribution in [2.75, 3.05) is 11.1 Å². The summed E-state index contributed by atoms with van der Waals surface area (Å²) in [6, 6.07) is 16.4. The highest BCUT2D eigenvalue weighted by molar-refractivity contribution is 6.05. The Balaban J connectivity index is 1.21. The Labute approximate surface area is 252 Å². The topological polar surface area (TPSA) is 81.4 Å². The van der Waals surface area contributed by atoms with Crippen LogP contribution in [0.1, 0.15) is 55.0 Å². The molecule has 1 aliphatic rings. The maximum atomic E-state index is 13.3. The molecular weight excluding hydrogens is 605 g/mol. The molecule has 5 rings (SSSR count). The van der Waals surface area contributed by atoms with Gasteiger partial charge in [0, 0.05) is 17.0 Å². The molecule has 4 aromatic carbocycles. The molecule has 0 aliphatic heterocycles. The normalized spacial score (nSPS) is 15.0. The van der Waals surface area contributed by atoms with Crippen LogP contribution in [-0.2, 0) is 31.8 Å². The van der Waals surface area contributed by atoms with Crippen molar-refractivity contribution in [3.63, 3.8) is 0 Å². The van der Waals surface area contributed by atoms with Crippen LogP contribution in [0.3, 0.4) is 0 Å². The molecule has 1 aliphatic carbocycles. The lowest BCUT2D eigenvalue weighted by molar-refractivity contribution is -0.143. The zero-order chi connectivity index (χ0) is 32.5. The third-order valence-corrected chi connectivity index (χ3v) is 7.49. The Morgan fingerprint density at radius 2 is 1.51 bits per heavy atom. The summed E-state index contributed by atoms with van der Waals surface area (Å²) >= 11 is 0. The summed E-state index contributed by atoms with van der Waals surface area (Å²) in [5.74, 6) is -1.63. The Morgan fingerprint density at radius 1 is 0.844 bits per heavy atom. The second-order valence-corrected chi connectivity index (χ2v) is 10.7. The molecule has 0 radical (unpaired) electrons. The van der Waals surface area contributed by atoms with Crippen molar-refractivity contribution < 1.29 is 45.1 Å². The van der Waals surface area contributed by atoms with Crippen molar-refractivity contribution in [3.05, 3.63) is 124 Å². The number of nitrogens with one attached hydrogen (secondary N) is 1. The predicted molar refractivity (Wildman–Crippen MR) is 152 cm³/mol. The monoisotopic (exact) mass is 630 g/mol. The van der Waals surface area contributed by atoms with E-state index in [4.69, 9.17) is 10.5 Å². The summed E-state index contributed by atoms with van der Waals surface area (Å²) in [4.78, 5) is 25.7. The van der Waals surface area contributed by atoms with Gasteiger partial charge in [-0.05, 0) is 103 Å². The maximum absolute atomic E-state index is 13.3. The van der Waals surface area contributed by atoms with Crippen LogP contribution in [0.4, 0.5) is 42.1 Å². The third kappa shape index (κ3) is 7.44. The molecule has 0 spiro atoms. The predicted octanol–water partition coefficient (Wildman–Crippen LogP) is 8.26. The van der Waals surface area contributed by atoms with Crippen molar-refractivity contribution in [3.8, 4) is 5.75 Å². The molecule has 5 nitrogen and oxygen atoms in total. The van der Waals surface area contributed by atoms with Crippen LogP contribution >= 0.6 is 0 Å². The molecule has 0 aromatic heterocycles. The molecule has 3 N–H and O–H groups in total. The van der Waals surface area contributed by atoms with E-state index >= 15 is 0 Å². The average molecular weight is 631 g/mol. The van der Waals surface area contributed by atoms with E-state index in [-0.39, 0.29) is 48.2 Å². The number of aryl methyl sites for hydroxylation is 1. The maximum Gasteiger partial charge on any atom is 0.416 e. The number of hydrogen-bond acceptors (Lipinski definition) is 4. The largest absolute Gasteiger partial charge is 0.489 e. The van der Waals surface area contributed by atoms with Gasteiger partial charge in [-0.3, -0.25) is 9.59 Å². The number of benzene rings is 4. The molecule has 1 unspecified atom stereocenters. The number of carbonyl (C=O) groups excluding carboxylic acids is 2. The van der Waals surface area contributed by atoms with Crippen molar-refractivity contribution in [1.29, 1.82) is 0 Å². The Hall–Kier alpha value is -4.87. The standard InChI is InChI=1S/C33H25F7N2O3/c34-25-7-10-29(28(41)16-25)42-31(44)20-3-1-18(2-4-20)17-45-26-8-9-27-21(14-26)5-6-22(30(27)43)11-19-12-23(32(35,36)37)15-24(13-19)33(38,39)40/h1-4,7-10,12-16,22H,5-6,11,17,41H2,(H,42,44). The molecule has 1 atom stereocenters. The van der Waals surface area contributed by atoms with E-state index in [9.17, 15) is 40.3 Å². The minimum absolute atomic E-state index is 0.0703. The number of alkyl halides is 6. The van der Waals surface area contributed by atoms with Gasteiger partial charge in [0.1, 0.15) is 18.2 Å². The third-order valence-electron chi connectivity index (χ3n) is 7.49. The van der Waals surface area contributed by atoms with Gasteiger partial charge in [0.2, 0.25) is 0 Å². The highest BCUT2D eigenvalue weighted by Crippen LogP contribution is 2.38. The van der Waals surface area contributed by atoms with Crippen LogP contribution in [0.2, 0.25) is 0 Å². The summed E-state index contributed by atoms with van der Waals surface area (Å²) in [5.41, 5.74) is 5.16. The summed E-state index contributed by atoms with van der Waals surface area (Å²) in [7, 11) is 0. The first-order valence-electron chi connectivity index (χ1n) is 13.7. The van der Waals surface area contributed by atoms with Gasteiger partial charge in [0.05, 0.1) is 22.5 Å². The van der Waals surface area contributed by atoms with Crippen LogP contribution in [0.25, 0.3) is 0 Å². The molecule has 0 bridgehead atoms. The van der Waals surface area contributed by atoms with Gasteiger partial charge in [-0.1, -0.05) is 12.1 Å². The van der Waals surface area contributed by atoms with Gasteiger partial charge in [0.25, 0.3) is 5.91 Å². The Morgan fingerprint density at radius 3 is 2.13 bits per heavy atom. The number of halogens is 7. The molecule has 234 valence electrons. The second-order valence-electron chi connectivity index (χ2n) is 10.7. The zero-order valence-electron chi connectivity index (χ0n) is 23.4. The van der Waals surface area contributed by atoms with Crippen molar-refractivity contribution in [2.24, 2.45) is 5.92 Å². The van der Waals surface area contributed by atoms with Crippen LogP contribution in [0, 0.1) is 11.7 Å². The molecule has 0 fully saturated rings. The van der Waals surface area contributed by atoms with E-state index in [1.807, 2.05) is 0 Å². The highest BCUT2D eigenvalue weighted by Gasteiger charge is 2.37. The van der Waals surface area contributed by atoms with E-state index in [0.717, 1.165) is 11.6 Å². The lowest BCUT2D eigenvalue weighted by Gasteiger charge is -2.24. The second kappa shape index (κ2) is 12.3. The fourth-order valence-electron chi connectivity index (χ4n) is 5.17. The van der Waals surface area contributed by atoms with E-state index in [2.05, 4.69) is 5.32 Å². The number of fused-ring (bicyclic) bond motifs is 1. The van der Waals surface area contributed by atoms with Gasteiger partial charge in [0.15, 0.2) is 5.78 Å². The molecule has 0 saturated heterocycles. The summed E-state index contributed by atoms with van der Waals surface area (Å²) in [6.45, 7) is 0.138. The van der Waals surface area contributed by atoms with Gasteiger partial charge < -0.3 is 15.8 Å². The van der Waals surface area contributed by atoms with Crippen LogP contribution in [0.15, 0.2) is 78.9 Å². The van der Waals surface area contributed by atoms with E-state index < -0.39 is 41.1 Å². The van der Waals surface area contributed by atoms with Gasteiger partial charge in [-0.15, -0.1) is 0 Å². The molecule has 0 heterocycles. The Kier molecular flexibility index (Phi) is 8.59. The molecule has 4 aromatic rings. The lowest BCUT2D eigenvalue weighted by atomic mass is 9.79. The van der Waals surface area contributed by atoms with E-state index in [0.29, 0.717) is 41.0 Å². The number of hydrogen-bond donors (Lipinski definition) is 2. The smallest absolute Gasteiger partial charge is 0.416 e. The van der Waals surface area contributed by atoms with Gasteiger partial charge in [-0.25, -0.2) is 4.39 Å². The van der Waals surface area contributed by atoms with E-state index in [1.165, 1.54) is 12.1 Å². The molecule has 45 heavy (non-hydrogen) atoms. The SMILES string of the molecule is Nc1cc(F)ccc1NC(=O)c1ccc(COc2ccc3c(c2)CCC(Cc2cc(C(F)(F)F)cc(C(F)(F)F)c2)C3=O)cc1. The molecule has 0 saturated carbocycles. The zero-order valence-corrected chi connectivity index (χ0v) is 23.4. The first kappa shape index (κ1) is 31.6. The minimum atomic E-state index is -4.97. The average Bonchev–Trinajstić information content (AvgIpc) is 2.98. The van der Waals surface area contributed by atoms with Crippen molar-refractivity contribution in [1.82, 2.24) is 0 Å². The molecule has 12 heteroatoms. The van der Waals surface area contributed by atoms with Crippen LogP contribution in [-0.4, -0.2) is 11.7 Å². The number of amides is 1. The first-order valence-corrected chi connectivity index (χ1v) is 13.7. The number of anilines is 2. The molecule has 1 amide bonds. The number of ketones is 1. The summed E-state index contributed by atoms with van der Waals surface area (Å²) in [6.07, 6.45) is -9.55. The summed E-state index contributed by atoms with van der Waals surface area (Å²) < 4.78 is 98.7. The minimum Gasteiger partial charge on any atom is -0.489 e.